The Labute approximate surface area is 159 Å². The van der Waals surface area contributed by atoms with Gasteiger partial charge in [0.2, 0.25) is 11.8 Å². The normalized spacial score (nSPS) is 14.1. The Balaban J connectivity index is 1.52. The van der Waals surface area contributed by atoms with Crippen LogP contribution in [0.2, 0.25) is 0 Å². The van der Waals surface area contributed by atoms with Gasteiger partial charge in [-0.15, -0.1) is 0 Å². The first kappa shape index (κ1) is 18.8. The van der Waals surface area contributed by atoms with Crippen molar-refractivity contribution >= 4 is 17.5 Å². The minimum Gasteiger partial charge on any atom is -0.494 e. The maximum atomic E-state index is 12.6. The molecule has 2 aromatic carbocycles. The number of primary amides is 1. The molecule has 0 atom stereocenters. The molecular formula is C21H25N3O3. The first-order valence-electron chi connectivity index (χ1n) is 9.21. The lowest BCUT2D eigenvalue weighted by Crippen LogP contribution is -2.49. The van der Waals surface area contributed by atoms with Crippen LogP contribution in [-0.4, -0.2) is 49.5 Å². The molecule has 3 rings (SSSR count). The lowest BCUT2D eigenvalue weighted by Gasteiger charge is -2.36. The Bertz CT molecular complexity index is 779. The number of anilines is 1. The first-order valence-corrected chi connectivity index (χ1v) is 9.21. The number of carbonyl (C=O) groups excluding carboxylic acids is 2. The van der Waals surface area contributed by atoms with E-state index in [1.165, 1.54) is 0 Å². The van der Waals surface area contributed by atoms with Crippen LogP contribution < -0.4 is 15.4 Å². The SMILES string of the molecule is CCOc1ccc(CC(=O)N2CCN(c3ccc(C(N)=O)cc3)CC2)cc1. The number of carbonyl (C=O) groups is 2. The van der Waals surface area contributed by atoms with Crippen LogP contribution >= 0.6 is 0 Å². The summed E-state index contributed by atoms with van der Waals surface area (Å²) in [5.41, 5.74) is 7.81. The van der Waals surface area contributed by atoms with Crippen molar-refractivity contribution in [2.24, 2.45) is 5.73 Å². The van der Waals surface area contributed by atoms with Crippen LogP contribution in [0.1, 0.15) is 22.8 Å². The Hall–Kier alpha value is -3.02. The van der Waals surface area contributed by atoms with Crippen LogP contribution in [0.15, 0.2) is 48.5 Å². The Kier molecular flexibility index (Phi) is 5.96. The van der Waals surface area contributed by atoms with Crippen LogP contribution in [0.3, 0.4) is 0 Å². The summed E-state index contributed by atoms with van der Waals surface area (Å²) in [4.78, 5) is 27.9. The summed E-state index contributed by atoms with van der Waals surface area (Å²) in [5.74, 6) is 0.541. The minimum atomic E-state index is -0.425. The predicted molar refractivity (Wildman–Crippen MR) is 105 cm³/mol. The second-order valence-electron chi connectivity index (χ2n) is 6.53. The lowest BCUT2D eigenvalue weighted by molar-refractivity contribution is -0.130. The van der Waals surface area contributed by atoms with Gasteiger partial charge in [-0.05, 0) is 48.9 Å². The average molecular weight is 367 g/mol. The molecule has 27 heavy (non-hydrogen) atoms. The summed E-state index contributed by atoms with van der Waals surface area (Å²) in [5, 5.41) is 0. The van der Waals surface area contributed by atoms with E-state index in [-0.39, 0.29) is 5.91 Å². The highest BCUT2D eigenvalue weighted by Crippen LogP contribution is 2.18. The second-order valence-corrected chi connectivity index (χ2v) is 6.53. The van der Waals surface area contributed by atoms with Crippen LogP contribution in [0, 0.1) is 0 Å². The molecule has 1 fully saturated rings. The summed E-state index contributed by atoms with van der Waals surface area (Å²) < 4.78 is 5.43. The number of rotatable bonds is 6. The van der Waals surface area contributed by atoms with Crippen molar-refractivity contribution in [3.05, 3.63) is 59.7 Å². The van der Waals surface area contributed by atoms with Crippen LogP contribution in [0.4, 0.5) is 5.69 Å². The van der Waals surface area contributed by atoms with Gasteiger partial charge in [0.25, 0.3) is 0 Å². The van der Waals surface area contributed by atoms with Crippen molar-refractivity contribution < 1.29 is 14.3 Å². The van der Waals surface area contributed by atoms with Crippen molar-refractivity contribution in [3.8, 4) is 5.75 Å². The van der Waals surface area contributed by atoms with Crippen molar-refractivity contribution in [2.75, 3.05) is 37.7 Å². The van der Waals surface area contributed by atoms with Gasteiger partial charge in [0.15, 0.2) is 0 Å². The molecule has 1 aliphatic heterocycles. The van der Waals surface area contributed by atoms with E-state index in [1.807, 2.05) is 48.2 Å². The second kappa shape index (κ2) is 8.58. The van der Waals surface area contributed by atoms with E-state index in [4.69, 9.17) is 10.5 Å². The number of nitrogens with two attached hydrogens (primary N) is 1. The van der Waals surface area contributed by atoms with Gasteiger partial charge < -0.3 is 20.3 Å². The van der Waals surface area contributed by atoms with Crippen LogP contribution in [0.5, 0.6) is 5.75 Å². The van der Waals surface area contributed by atoms with Gasteiger partial charge in [-0.1, -0.05) is 12.1 Å². The number of benzene rings is 2. The molecule has 0 bridgehead atoms. The maximum absolute atomic E-state index is 12.6. The Morgan fingerprint density at radius 3 is 2.15 bits per heavy atom. The average Bonchev–Trinajstić information content (AvgIpc) is 2.70. The molecule has 142 valence electrons. The molecule has 0 radical (unpaired) electrons. The van der Waals surface area contributed by atoms with E-state index in [9.17, 15) is 9.59 Å². The maximum Gasteiger partial charge on any atom is 0.248 e. The van der Waals surface area contributed by atoms with Crippen molar-refractivity contribution in [1.29, 1.82) is 0 Å². The number of hydrogen-bond acceptors (Lipinski definition) is 4. The number of piperazine rings is 1. The quantitative estimate of drug-likeness (QED) is 0.848. The van der Waals surface area contributed by atoms with E-state index in [1.54, 1.807) is 12.1 Å². The standard InChI is InChI=1S/C21H25N3O3/c1-2-27-19-9-3-16(4-10-19)15-20(25)24-13-11-23(12-14-24)18-7-5-17(6-8-18)21(22)26/h3-10H,2,11-15H2,1H3,(H2,22,26). The molecule has 2 aromatic rings. The number of ether oxygens (including phenoxy) is 1. The fourth-order valence-corrected chi connectivity index (χ4v) is 3.21. The van der Waals surface area contributed by atoms with Crippen molar-refractivity contribution in [3.63, 3.8) is 0 Å². The summed E-state index contributed by atoms with van der Waals surface area (Å²) in [7, 11) is 0. The Morgan fingerprint density at radius 1 is 0.963 bits per heavy atom. The van der Waals surface area contributed by atoms with Gasteiger partial charge in [-0.2, -0.15) is 0 Å². The summed E-state index contributed by atoms with van der Waals surface area (Å²) in [6, 6.07) is 15.0. The zero-order valence-electron chi connectivity index (χ0n) is 15.6. The molecule has 0 spiro atoms. The summed E-state index contributed by atoms with van der Waals surface area (Å²) in [6.45, 7) is 5.49. The van der Waals surface area contributed by atoms with E-state index < -0.39 is 5.91 Å². The fourth-order valence-electron chi connectivity index (χ4n) is 3.21. The van der Waals surface area contributed by atoms with Gasteiger partial charge in [0, 0.05) is 37.4 Å². The zero-order chi connectivity index (χ0) is 19.2. The molecule has 2 amide bonds. The third-order valence-electron chi connectivity index (χ3n) is 4.74. The third kappa shape index (κ3) is 4.78. The predicted octanol–water partition coefficient (Wildman–Crippen LogP) is 2.08. The highest BCUT2D eigenvalue weighted by molar-refractivity contribution is 5.93. The van der Waals surface area contributed by atoms with E-state index in [2.05, 4.69) is 4.90 Å². The molecule has 6 heteroatoms. The lowest BCUT2D eigenvalue weighted by atomic mass is 10.1. The number of hydrogen-bond donors (Lipinski definition) is 1. The van der Waals surface area contributed by atoms with Crippen LogP contribution in [-0.2, 0) is 11.2 Å². The molecule has 1 heterocycles. The fraction of sp³-hybridized carbons (Fsp3) is 0.333. The molecule has 0 aromatic heterocycles. The van der Waals surface area contributed by atoms with Gasteiger partial charge in [-0.3, -0.25) is 9.59 Å². The van der Waals surface area contributed by atoms with Crippen LogP contribution in [0.25, 0.3) is 0 Å². The highest BCUT2D eigenvalue weighted by Gasteiger charge is 2.21. The third-order valence-corrected chi connectivity index (χ3v) is 4.74. The molecular weight excluding hydrogens is 342 g/mol. The first-order chi connectivity index (χ1) is 13.1. The molecule has 0 unspecified atom stereocenters. The summed E-state index contributed by atoms with van der Waals surface area (Å²) in [6.07, 6.45) is 0.402. The van der Waals surface area contributed by atoms with Crippen molar-refractivity contribution in [2.45, 2.75) is 13.3 Å². The molecule has 2 N–H and O–H groups in total. The molecule has 6 nitrogen and oxygen atoms in total. The summed E-state index contributed by atoms with van der Waals surface area (Å²) >= 11 is 0. The topological polar surface area (TPSA) is 75.9 Å². The van der Waals surface area contributed by atoms with Gasteiger partial charge in [0.1, 0.15) is 5.75 Å². The number of amides is 2. The van der Waals surface area contributed by atoms with Gasteiger partial charge >= 0.3 is 0 Å². The van der Waals surface area contributed by atoms with Gasteiger partial charge in [-0.25, -0.2) is 0 Å². The molecule has 1 aliphatic rings. The molecule has 0 aliphatic carbocycles. The van der Waals surface area contributed by atoms with Crippen molar-refractivity contribution in [1.82, 2.24) is 4.90 Å². The zero-order valence-corrected chi connectivity index (χ0v) is 15.6. The number of nitrogens with zero attached hydrogens (tertiary/aromatic N) is 2. The van der Waals surface area contributed by atoms with E-state index >= 15 is 0 Å². The largest absolute Gasteiger partial charge is 0.494 e. The van der Waals surface area contributed by atoms with E-state index in [0.717, 1.165) is 30.1 Å². The minimum absolute atomic E-state index is 0.142. The smallest absolute Gasteiger partial charge is 0.248 e. The van der Waals surface area contributed by atoms with Gasteiger partial charge in [0.05, 0.1) is 13.0 Å². The molecule has 0 saturated carbocycles. The highest BCUT2D eigenvalue weighted by atomic mass is 16.5. The monoisotopic (exact) mass is 367 g/mol. The van der Waals surface area contributed by atoms with E-state index in [0.29, 0.717) is 31.7 Å². The Morgan fingerprint density at radius 2 is 1.59 bits per heavy atom. The molecule has 1 saturated heterocycles.